The fraction of sp³-hybridized carbons (Fsp3) is 0.294. The smallest absolute Gasteiger partial charge is 0.253 e. The third kappa shape index (κ3) is 3.81. The average molecular weight is 284 g/mol. The van der Waals surface area contributed by atoms with Crippen molar-refractivity contribution in [2.45, 2.75) is 26.3 Å². The first kappa shape index (κ1) is 15.0. The molecule has 1 unspecified atom stereocenters. The molecule has 4 heteroatoms. The van der Waals surface area contributed by atoms with E-state index in [1.807, 2.05) is 6.92 Å². The number of benzene rings is 1. The summed E-state index contributed by atoms with van der Waals surface area (Å²) < 4.78 is 4.98. The lowest BCUT2D eigenvalue weighted by Crippen LogP contribution is -2.26. The van der Waals surface area contributed by atoms with Gasteiger partial charge in [-0.25, -0.2) is 4.98 Å². The second-order valence-corrected chi connectivity index (χ2v) is 4.88. The Balaban J connectivity index is 2.03. The maximum atomic E-state index is 12.2. The number of carbonyl (C=O) groups is 1. The maximum absolute atomic E-state index is 12.2. The Morgan fingerprint density at radius 1 is 1.24 bits per heavy atom. The standard InChI is InChI=1S/C17H20N2O2/c1-4-13-5-7-14(8-6-13)12(2)19-17(20)15-9-10-16(21-3)18-11-15/h5-12H,4H2,1-3H3,(H,19,20). The second kappa shape index (κ2) is 6.88. The molecule has 0 aliphatic rings. The quantitative estimate of drug-likeness (QED) is 0.917. The summed E-state index contributed by atoms with van der Waals surface area (Å²) in [6, 6.07) is 11.6. The molecule has 0 fully saturated rings. The van der Waals surface area contributed by atoms with Gasteiger partial charge in [0.15, 0.2) is 0 Å². The van der Waals surface area contributed by atoms with E-state index in [1.165, 1.54) is 11.8 Å². The molecule has 4 nitrogen and oxygen atoms in total. The number of nitrogens with one attached hydrogen (secondary N) is 1. The van der Waals surface area contributed by atoms with Gasteiger partial charge in [-0.15, -0.1) is 0 Å². The van der Waals surface area contributed by atoms with E-state index in [2.05, 4.69) is 41.5 Å². The van der Waals surface area contributed by atoms with Crippen molar-refractivity contribution in [3.8, 4) is 5.88 Å². The average Bonchev–Trinajstić information content (AvgIpc) is 2.55. The molecular formula is C17H20N2O2. The Morgan fingerprint density at radius 3 is 2.48 bits per heavy atom. The summed E-state index contributed by atoms with van der Waals surface area (Å²) in [6.45, 7) is 4.09. The van der Waals surface area contributed by atoms with Gasteiger partial charge in [-0.05, 0) is 30.5 Å². The Morgan fingerprint density at radius 2 is 1.95 bits per heavy atom. The number of pyridine rings is 1. The number of rotatable bonds is 5. The Labute approximate surface area is 125 Å². The van der Waals surface area contributed by atoms with Crippen molar-refractivity contribution >= 4 is 5.91 Å². The van der Waals surface area contributed by atoms with Crippen LogP contribution in [0.25, 0.3) is 0 Å². The fourth-order valence-corrected chi connectivity index (χ4v) is 2.04. The molecule has 21 heavy (non-hydrogen) atoms. The van der Waals surface area contributed by atoms with Gasteiger partial charge in [0.1, 0.15) is 0 Å². The van der Waals surface area contributed by atoms with Gasteiger partial charge in [-0.1, -0.05) is 31.2 Å². The van der Waals surface area contributed by atoms with Gasteiger partial charge in [-0.2, -0.15) is 0 Å². The van der Waals surface area contributed by atoms with E-state index in [0.29, 0.717) is 11.4 Å². The zero-order valence-corrected chi connectivity index (χ0v) is 12.6. The van der Waals surface area contributed by atoms with Crippen LogP contribution in [0.15, 0.2) is 42.6 Å². The highest BCUT2D eigenvalue weighted by atomic mass is 16.5. The summed E-state index contributed by atoms with van der Waals surface area (Å²) in [4.78, 5) is 16.2. The largest absolute Gasteiger partial charge is 0.481 e. The van der Waals surface area contributed by atoms with Crippen molar-refractivity contribution in [1.29, 1.82) is 0 Å². The van der Waals surface area contributed by atoms with Gasteiger partial charge in [0.25, 0.3) is 5.91 Å². The topological polar surface area (TPSA) is 51.2 Å². The molecule has 0 aliphatic carbocycles. The van der Waals surface area contributed by atoms with Crippen molar-refractivity contribution in [3.05, 3.63) is 59.3 Å². The van der Waals surface area contributed by atoms with Crippen LogP contribution in [0, 0.1) is 0 Å². The van der Waals surface area contributed by atoms with Gasteiger partial charge in [0.05, 0.1) is 18.7 Å². The summed E-state index contributed by atoms with van der Waals surface area (Å²) in [5.41, 5.74) is 2.89. The van der Waals surface area contributed by atoms with Crippen molar-refractivity contribution < 1.29 is 9.53 Å². The molecule has 0 saturated carbocycles. The third-order valence-corrected chi connectivity index (χ3v) is 3.44. The van der Waals surface area contributed by atoms with Crippen LogP contribution in [0.2, 0.25) is 0 Å². The minimum absolute atomic E-state index is 0.0505. The van der Waals surface area contributed by atoms with Gasteiger partial charge >= 0.3 is 0 Å². The highest BCUT2D eigenvalue weighted by Gasteiger charge is 2.11. The van der Waals surface area contributed by atoms with Gasteiger partial charge < -0.3 is 10.1 Å². The molecule has 110 valence electrons. The van der Waals surface area contributed by atoms with Crippen molar-refractivity contribution in [3.63, 3.8) is 0 Å². The lowest BCUT2D eigenvalue weighted by molar-refractivity contribution is 0.0939. The summed E-state index contributed by atoms with van der Waals surface area (Å²) in [5, 5.41) is 2.97. The predicted molar refractivity (Wildman–Crippen MR) is 82.5 cm³/mol. The minimum Gasteiger partial charge on any atom is -0.481 e. The van der Waals surface area contributed by atoms with E-state index >= 15 is 0 Å². The number of hydrogen-bond donors (Lipinski definition) is 1. The van der Waals surface area contributed by atoms with Gasteiger partial charge in [-0.3, -0.25) is 4.79 Å². The van der Waals surface area contributed by atoms with Crippen LogP contribution in [0.3, 0.4) is 0 Å². The number of aromatic nitrogens is 1. The number of nitrogens with zero attached hydrogens (tertiary/aromatic N) is 1. The van der Waals surface area contributed by atoms with E-state index in [9.17, 15) is 4.79 Å². The lowest BCUT2D eigenvalue weighted by Gasteiger charge is -2.15. The zero-order chi connectivity index (χ0) is 15.2. The van der Waals surface area contributed by atoms with E-state index in [-0.39, 0.29) is 11.9 Å². The van der Waals surface area contributed by atoms with Gasteiger partial charge in [0, 0.05) is 12.3 Å². The highest BCUT2D eigenvalue weighted by molar-refractivity contribution is 5.94. The SMILES string of the molecule is CCc1ccc(C(C)NC(=O)c2ccc(OC)nc2)cc1. The van der Waals surface area contributed by atoms with Gasteiger partial charge in [0.2, 0.25) is 5.88 Å². The number of methoxy groups -OCH3 is 1. The fourth-order valence-electron chi connectivity index (χ4n) is 2.04. The number of ether oxygens (including phenoxy) is 1. The molecule has 1 N–H and O–H groups in total. The summed E-state index contributed by atoms with van der Waals surface area (Å²) in [6.07, 6.45) is 2.53. The molecule has 0 bridgehead atoms. The monoisotopic (exact) mass is 284 g/mol. The normalized spacial score (nSPS) is 11.8. The van der Waals surface area contributed by atoms with E-state index in [0.717, 1.165) is 12.0 Å². The van der Waals surface area contributed by atoms with E-state index < -0.39 is 0 Å². The number of hydrogen-bond acceptors (Lipinski definition) is 3. The molecule has 0 spiro atoms. The van der Waals surface area contributed by atoms with Crippen LogP contribution in [-0.2, 0) is 6.42 Å². The third-order valence-electron chi connectivity index (χ3n) is 3.44. The van der Waals surface area contributed by atoms with Crippen LogP contribution in [0.1, 0.15) is 41.4 Å². The summed E-state index contributed by atoms with van der Waals surface area (Å²) in [7, 11) is 1.55. The van der Waals surface area contributed by atoms with Crippen LogP contribution >= 0.6 is 0 Å². The zero-order valence-electron chi connectivity index (χ0n) is 12.6. The molecule has 1 amide bonds. The first-order valence-corrected chi connectivity index (χ1v) is 7.03. The summed E-state index contributed by atoms with van der Waals surface area (Å²) in [5.74, 6) is 0.354. The second-order valence-electron chi connectivity index (χ2n) is 4.88. The molecule has 1 aromatic carbocycles. The molecule has 2 aromatic rings. The minimum atomic E-state index is -0.141. The first-order chi connectivity index (χ1) is 10.1. The van der Waals surface area contributed by atoms with Crippen LogP contribution in [0.5, 0.6) is 5.88 Å². The maximum Gasteiger partial charge on any atom is 0.253 e. The molecule has 0 radical (unpaired) electrons. The molecular weight excluding hydrogens is 264 g/mol. The Kier molecular flexibility index (Phi) is 4.93. The lowest BCUT2D eigenvalue weighted by atomic mass is 10.0. The Bertz CT molecular complexity index is 591. The molecule has 0 saturated heterocycles. The molecule has 0 aliphatic heterocycles. The number of amides is 1. The van der Waals surface area contributed by atoms with Crippen molar-refractivity contribution in [1.82, 2.24) is 10.3 Å². The number of aryl methyl sites for hydroxylation is 1. The van der Waals surface area contributed by atoms with Crippen molar-refractivity contribution in [2.24, 2.45) is 0 Å². The molecule has 1 aromatic heterocycles. The Hall–Kier alpha value is -2.36. The van der Waals surface area contributed by atoms with E-state index in [4.69, 9.17) is 4.74 Å². The first-order valence-electron chi connectivity index (χ1n) is 7.03. The number of carbonyl (C=O) groups excluding carboxylic acids is 1. The molecule has 2 rings (SSSR count). The van der Waals surface area contributed by atoms with Crippen LogP contribution < -0.4 is 10.1 Å². The van der Waals surface area contributed by atoms with Crippen LogP contribution in [0.4, 0.5) is 0 Å². The molecule has 1 atom stereocenters. The highest BCUT2D eigenvalue weighted by Crippen LogP contribution is 2.15. The predicted octanol–water partition coefficient (Wildman–Crippen LogP) is 3.14. The molecule has 1 heterocycles. The van der Waals surface area contributed by atoms with E-state index in [1.54, 1.807) is 19.2 Å². The van der Waals surface area contributed by atoms with Crippen LogP contribution in [-0.4, -0.2) is 18.0 Å². The summed E-state index contributed by atoms with van der Waals surface area (Å²) >= 11 is 0. The van der Waals surface area contributed by atoms with Crippen molar-refractivity contribution in [2.75, 3.05) is 7.11 Å².